The fraction of sp³-hybridized carbons (Fsp3) is 0.412. The third-order valence-corrected chi connectivity index (χ3v) is 4.12. The van der Waals surface area contributed by atoms with E-state index in [4.69, 9.17) is 0 Å². The van der Waals surface area contributed by atoms with Gasteiger partial charge in [-0.3, -0.25) is 14.8 Å². The maximum absolute atomic E-state index is 10.8. The number of aromatic nitrogens is 4. The van der Waals surface area contributed by atoms with Gasteiger partial charge in [-0.05, 0) is 31.4 Å². The van der Waals surface area contributed by atoms with E-state index in [-0.39, 0.29) is 10.6 Å². The Morgan fingerprint density at radius 3 is 2.88 bits per heavy atom. The predicted molar refractivity (Wildman–Crippen MR) is 91.8 cm³/mol. The van der Waals surface area contributed by atoms with Crippen LogP contribution in [0.2, 0.25) is 0 Å². The minimum absolute atomic E-state index is 0.127. The summed E-state index contributed by atoms with van der Waals surface area (Å²) < 4.78 is 4.01. The van der Waals surface area contributed by atoms with E-state index in [1.54, 1.807) is 12.1 Å². The minimum Gasteiger partial charge on any atom is -0.347 e. The molecule has 2 aromatic heterocycles. The maximum Gasteiger partial charge on any atom is 0.270 e. The molecule has 0 radical (unpaired) electrons. The van der Waals surface area contributed by atoms with Gasteiger partial charge in [-0.15, -0.1) is 5.10 Å². The zero-order valence-electron chi connectivity index (χ0n) is 13.8. The molecule has 0 atom stereocenters. The summed E-state index contributed by atoms with van der Waals surface area (Å²) in [4.78, 5) is 10.5. The number of hydrogen-bond acceptors (Lipinski definition) is 4. The van der Waals surface area contributed by atoms with Crippen molar-refractivity contribution in [1.82, 2.24) is 19.6 Å². The first-order chi connectivity index (χ1) is 11.7. The van der Waals surface area contributed by atoms with E-state index in [0.717, 1.165) is 55.4 Å². The van der Waals surface area contributed by atoms with Crippen LogP contribution in [-0.4, -0.2) is 24.5 Å². The lowest BCUT2D eigenvalue weighted by Crippen LogP contribution is -2.04. The highest BCUT2D eigenvalue weighted by Gasteiger charge is 2.08. The largest absolute Gasteiger partial charge is 0.347 e. The van der Waals surface area contributed by atoms with Crippen molar-refractivity contribution in [3.8, 4) is 0 Å². The van der Waals surface area contributed by atoms with Crippen molar-refractivity contribution in [2.24, 2.45) is 0 Å². The smallest absolute Gasteiger partial charge is 0.270 e. The quantitative estimate of drug-likeness (QED) is 0.468. The molecule has 0 saturated heterocycles. The lowest BCUT2D eigenvalue weighted by Gasteiger charge is -2.05. The van der Waals surface area contributed by atoms with Gasteiger partial charge in [-0.1, -0.05) is 18.6 Å². The number of hydrogen-bond donors (Lipinski definition) is 0. The van der Waals surface area contributed by atoms with Gasteiger partial charge in [0, 0.05) is 48.5 Å². The molecule has 0 saturated carbocycles. The van der Waals surface area contributed by atoms with Crippen LogP contribution >= 0.6 is 0 Å². The summed E-state index contributed by atoms with van der Waals surface area (Å²) in [7, 11) is 0. The van der Waals surface area contributed by atoms with E-state index >= 15 is 0 Å². The maximum atomic E-state index is 10.8. The molecule has 126 valence electrons. The summed E-state index contributed by atoms with van der Waals surface area (Å²) in [6, 6.07) is 6.89. The number of rotatable bonds is 8. The minimum atomic E-state index is -0.363. The molecule has 3 rings (SSSR count). The Kier molecular flexibility index (Phi) is 4.88. The van der Waals surface area contributed by atoms with Gasteiger partial charge in [-0.2, -0.15) is 0 Å². The van der Waals surface area contributed by atoms with E-state index < -0.39 is 0 Å². The van der Waals surface area contributed by atoms with Gasteiger partial charge in [0.25, 0.3) is 5.69 Å². The molecule has 0 aliphatic rings. The molecule has 0 unspecified atom stereocenters. The molecule has 0 amide bonds. The highest BCUT2D eigenvalue weighted by Crippen LogP contribution is 2.22. The summed E-state index contributed by atoms with van der Waals surface area (Å²) in [5.41, 5.74) is 2.20. The van der Waals surface area contributed by atoms with Gasteiger partial charge in [0.2, 0.25) is 0 Å². The first-order valence-corrected chi connectivity index (χ1v) is 8.29. The Hall–Kier alpha value is -2.70. The first kappa shape index (κ1) is 16.2. The van der Waals surface area contributed by atoms with Crippen molar-refractivity contribution >= 4 is 16.6 Å². The van der Waals surface area contributed by atoms with E-state index in [1.165, 1.54) is 0 Å². The Bertz CT molecular complexity index is 836. The van der Waals surface area contributed by atoms with Gasteiger partial charge in [0.05, 0.1) is 10.6 Å². The average Bonchev–Trinajstić information content (AvgIpc) is 3.19. The molecule has 3 aromatic rings. The number of fused-ring (bicyclic) bond motifs is 1. The second-order valence-corrected chi connectivity index (χ2v) is 5.94. The Labute approximate surface area is 140 Å². The molecular formula is C17H21N5O2. The number of benzene rings is 1. The van der Waals surface area contributed by atoms with Crippen LogP contribution in [0.5, 0.6) is 0 Å². The van der Waals surface area contributed by atoms with Crippen LogP contribution in [0.4, 0.5) is 5.69 Å². The zero-order valence-corrected chi connectivity index (χ0v) is 13.8. The first-order valence-electron chi connectivity index (χ1n) is 8.29. The van der Waals surface area contributed by atoms with Crippen molar-refractivity contribution in [2.75, 3.05) is 0 Å². The lowest BCUT2D eigenvalue weighted by molar-refractivity contribution is -0.384. The summed E-state index contributed by atoms with van der Waals surface area (Å²) in [5, 5.41) is 20.1. The van der Waals surface area contributed by atoms with Crippen molar-refractivity contribution in [1.29, 1.82) is 0 Å². The molecule has 7 heteroatoms. The zero-order chi connectivity index (χ0) is 16.9. The summed E-state index contributed by atoms with van der Waals surface area (Å²) >= 11 is 0. The van der Waals surface area contributed by atoms with Crippen LogP contribution in [0.3, 0.4) is 0 Å². The summed E-state index contributed by atoms with van der Waals surface area (Å²) in [6.07, 6.45) is 8.20. The summed E-state index contributed by atoms with van der Waals surface area (Å²) in [5.74, 6) is 0. The Morgan fingerprint density at radius 1 is 1.21 bits per heavy atom. The van der Waals surface area contributed by atoms with Crippen molar-refractivity contribution in [3.05, 3.63) is 52.5 Å². The topological polar surface area (TPSA) is 78.8 Å². The van der Waals surface area contributed by atoms with Crippen LogP contribution in [-0.2, 0) is 19.5 Å². The molecule has 0 N–H and O–H groups in total. The number of unbranched alkanes of at least 4 members (excludes halogenated alkanes) is 1. The van der Waals surface area contributed by atoms with Gasteiger partial charge < -0.3 is 4.57 Å². The number of nitrogens with zero attached hydrogens (tertiary/aromatic N) is 5. The van der Waals surface area contributed by atoms with Crippen molar-refractivity contribution < 1.29 is 4.92 Å². The second-order valence-electron chi connectivity index (χ2n) is 5.94. The van der Waals surface area contributed by atoms with E-state index in [0.29, 0.717) is 0 Å². The fourth-order valence-electron chi connectivity index (χ4n) is 2.82. The van der Waals surface area contributed by atoms with Crippen LogP contribution in [0.15, 0.2) is 36.7 Å². The van der Waals surface area contributed by atoms with Crippen LogP contribution < -0.4 is 0 Å². The third-order valence-electron chi connectivity index (χ3n) is 4.12. The third kappa shape index (κ3) is 3.61. The molecular weight excluding hydrogens is 306 g/mol. The number of aryl methyl sites for hydroxylation is 3. The Morgan fingerprint density at radius 2 is 2.08 bits per heavy atom. The van der Waals surface area contributed by atoms with Crippen molar-refractivity contribution in [3.63, 3.8) is 0 Å². The molecule has 0 fully saturated rings. The Balaban J connectivity index is 1.59. The van der Waals surface area contributed by atoms with Crippen LogP contribution in [0.25, 0.3) is 10.9 Å². The fourth-order valence-corrected chi connectivity index (χ4v) is 2.82. The normalized spacial score (nSPS) is 11.2. The van der Waals surface area contributed by atoms with Gasteiger partial charge in [-0.25, -0.2) is 0 Å². The highest BCUT2D eigenvalue weighted by molar-refractivity contribution is 5.82. The summed E-state index contributed by atoms with van der Waals surface area (Å²) in [6.45, 7) is 3.82. The molecule has 0 aliphatic heterocycles. The van der Waals surface area contributed by atoms with E-state index in [1.807, 2.05) is 29.2 Å². The second kappa shape index (κ2) is 7.25. The molecule has 24 heavy (non-hydrogen) atoms. The van der Waals surface area contributed by atoms with Crippen LogP contribution in [0.1, 0.15) is 31.9 Å². The van der Waals surface area contributed by atoms with E-state index in [9.17, 15) is 10.1 Å². The average molecular weight is 327 g/mol. The monoisotopic (exact) mass is 327 g/mol. The van der Waals surface area contributed by atoms with Crippen molar-refractivity contribution in [2.45, 2.75) is 45.7 Å². The molecule has 1 aromatic carbocycles. The van der Waals surface area contributed by atoms with Gasteiger partial charge in [0.1, 0.15) is 0 Å². The van der Waals surface area contributed by atoms with Crippen LogP contribution in [0, 0.1) is 10.1 Å². The standard InChI is InChI=1S/C17H21N5O2/c1-2-3-5-15-13-21(19-18-15)10-4-9-20-11-8-14-12-16(22(23)24)6-7-17(14)20/h6-8,11-13H,2-5,9-10H2,1H3. The number of non-ortho nitro benzene ring substituents is 1. The predicted octanol–water partition coefficient (Wildman–Crippen LogP) is 3.57. The lowest BCUT2D eigenvalue weighted by atomic mass is 10.2. The number of nitro groups is 1. The number of nitro benzene ring substituents is 1. The molecule has 0 bridgehead atoms. The molecule has 2 heterocycles. The highest BCUT2D eigenvalue weighted by atomic mass is 16.6. The van der Waals surface area contributed by atoms with E-state index in [2.05, 4.69) is 21.8 Å². The molecule has 0 spiro atoms. The van der Waals surface area contributed by atoms with Gasteiger partial charge >= 0.3 is 0 Å². The molecule has 7 nitrogen and oxygen atoms in total. The van der Waals surface area contributed by atoms with Gasteiger partial charge in [0.15, 0.2) is 0 Å². The molecule has 0 aliphatic carbocycles. The SMILES string of the molecule is CCCCc1cn(CCCn2ccc3cc([N+](=O)[O-])ccc32)nn1.